The maximum Gasteiger partial charge on any atom is 0.239 e. The number of fused-ring (bicyclic) bond motifs is 1. The van der Waals surface area contributed by atoms with Gasteiger partial charge in [-0.25, -0.2) is 9.97 Å². The predicted octanol–water partition coefficient (Wildman–Crippen LogP) is 4.11. The van der Waals surface area contributed by atoms with Crippen LogP contribution in [0.25, 0.3) is 10.2 Å². The first-order valence-corrected chi connectivity index (χ1v) is 9.30. The number of thioether (sulfide) groups is 1. The number of aromatic nitrogens is 3. The van der Waals surface area contributed by atoms with E-state index in [0.717, 1.165) is 15.2 Å². The molecule has 126 valence electrons. The maximum absolute atomic E-state index is 12.5. The van der Waals surface area contributed by atoms with Crippen molar-refractivity contribution in [2.75, 3.05) is 5.32 Å². The first-order chi connectivity index (χ1) is 11.5. The van der Waals surface area contributed by atoms with Crippen molar-refractivity contribution in [2.45, 2.75) is 44.4 Å². The Kier molecular flexibility index (Phi) is 4.86. The average Bonchev–Trinajstić information content (AvgIpc) is 3.09. The fraction of sp³-hybridized carbons (Fsp3) is 0.375. The molecule has 1 atom stereocenters. The van der Waals surface area contributed by atoms with Gasteiger partial charge in [0, 0.05) is 16.3 Å². The lowest BCUT2D eigenvalue weighted by atomic mass is 10.2. The van der Waals surface area contributed by atoms with Crippen LogP contribution in [0, 0.1) is 20.8 Å². The smallest absolute Gasteiger partial charge is 0.239 e. The summed E-state index contributed by atoms with van der Waals surface area (Å²) in [5.41, 5.74) is 1.18. The Labute approximate surface area is 148 Å². The number of amides is 1. The maximum atomic E-state index is 12.5. The summed E-state index contributed by atoms with van der Waals surface area (Å²) < 4.78 is 4.98. The summed E-state index contributed by atoms with van der Waals surface area (Å²) in [6.45, 7) is 7.91. The zero-order chi connectivity index (χ0) is 17.3. The molecule has 0 radical (unpaired) electrons. The molecule has 0 saturated carbocycles. The molecule has 8 heteroatoms. The topological polar surface area (TPSA) is 80.9 Å². The average molecular weight is 362 g/mol. The molecule has 1 unspecified atom stereocenters. The Morgan fingerprint density at radius 2 is 2.17 bits per heavy atom. The summed E-state index contributed by atoms with van der Waals surface area (Å²) >= 11 is 3.12. The number of carbonyl (C=O) groups excluding carboxylic acids is 1. The van der Waals surface area contributed by atoms with Crippen molar-refractivity contribution in [1.29, 1.82) is 0 Å². The van der Waals surface area contributed by atoms with Crippen molar-refractivity contribution < 1.29 is 9.32 Å². The van der Waals surface area contributed by atoms with E-state index in [4.69, 9.17) is 4.52 Å². The monoisotopic (exact) mass is 362 g/mol. The van der Waals surface area contributed by atoms with Crippen LogP contribution in [0.3, 0.4) is 0 Å². The van der Waals surface area contributed by atoms with Gasteiger partial charge in [-0.1, -0.05) is 23.8 Å². The number of nitrogens with one attached hydrogen (secondary N) is 1. The first-order valence-electron chi connectivity index (χ1n) is 7.61. The van der Waals surface area contributed by atoms with Gasteiger partial charge in [0.2, 0.25) is 5.91 Å². The van der Waals surface area contributed by atoms with Crippen molar-refractivity contribution in [2.24, 2.45) is 0 Å². The number of thiophene rings is 1. The fourth-order valence-electron chi connectivity index (χ4n) is 2.33. The number of rotatable bonds is 5. The van der Waals surface area contributed by atoms with E-state index in [1.807, 2.05) is 6.92 Å². The Hall–Kier alpha value is -1.93. The molecular formula is C16H18N4O2S2. The largest absolute Gasteiger partial charge is 0.360 e. The summed E-state index contributed by atoms with van der Waals surface area (Å²) in [6, 6.07) is 1.70. The van der Waals surface area contributed by atoms with Gasteiger partial charge in [-0.05, 0) is 32.8 Å². The molecule has 0 saturated heterocycles. The fourth-order valence-corrected chi connectivity index (χ4v) is 4.47. The predicted molar refractivity (Wildman–Crippen MR) is 96.7 cm³/mol. The summed E-state index contributed by atoms with van der Waals surface area (Å²) in [5, 5.41) is 8.24. The van der Waals surface area contributed by atoms with Crippen molar-refractivity contribution >= 4 is 45.0 Å². The molecule has 3 aromatic heterocycles. The van der Waals surface area contributed by atoms with Gasteiger partial charge in [0.25, 0.3) is 0 Å². The second-order valence-corrected chi connectivity index (χ2v) is 7.86. The summed E-state index contributed by atoms with van der Waals surface area (Å²) in [4.78, 5) is 23.5. The molecule has 0 aliphatic carbocycles. The number of nitrogens with zero attached hydrogens (tertiary/aromatic N) is 3. The molecule has 6 nitrogen and oxygen atoms in total. The molecule has 0 fully saturated rings. The highest BCUT2D eigenvalue weighted by Crippen LogP contribution is 2.36. The van der Waals surface area contributed by atoms with Crippen molar-refractivity contribution in [1.82, 2.24) is 15.1 Å². The minimum Gasteiger partial charge on any atom is -0.360 e. The van der Waals surface area contributed by atoms with Crippen molar-refractivity contribution in [3.63, 3.8) is 0 Å². The van der Waals surface area contributed by atoms with Crippen LogP contribution in [0.2, 0.25) is 0 Å². The second kappa shape index (κ2) is 6.90. The Morgan fingerprint density at radius 1 is 1.38 bits per heavy atom. The SMILES string of the molecule is CCC(Sc1ncnc2sc(C)c(C)c12)C(=O)Nc1cc(C)on1. The quantitative estimate of drug-likeness (QED) is 0.543. The third kappa shape index (κ3) is 3.29. The lowest BCUT2D eigenvalue weighted by Crippen LogP contribution is -2.24. The molecule has 3 rings (SSSR count). The standard InChI is InChI=1S/C16H18N4O2S2/c1-5-11(14(21)19-12-6-8(2)22-20-12)24-16-13-9(3)10(4)23-15(13)17-7-18-16/h6-7,11H,5H2,1-4H3,(H,19,20,21). The molecular weight excluding hydrogens is 344 g/mol. The second-order valence-electron chi connectivity index (χ2n) is 5.47. The Balaban J connectivity index is 1.84. The Bertz CT molecular complexity index is 887. The molecule has 3 heterocycles. The third-order valence-electron chi connectivity index (χ3n) is 3.73. The van der Waals surface area contributed by atoms with Crippen LogP contribution >= 0.6 is 23.1 Å². The highest BCUT2D eigenvalue weighted by atomic mass is 32.2. The zero-order valence-corrected chi connectivity index (χ0v) is 15.5. The molecule has 1 N–H and O–H groups in total. The van der Waals surface area contributed by atoms with Crippen molar-refractivity contribution in [3.8, 4) is 0 Å². The number of aryl methyl sites for hydroxylation is 3. The van der Waals surface area contributed by atoms with E-state index in [-0.39, 0.29) is 11.2 Å². The highest BCUT2D eigenvalue weighted by Gasteiger charge is 2.22. The van der Waals surface area contributed by atoms with Gasteiger partial charge < -0.3 is 9.84 Å². The summed E-state index contributed by atoms with van der Waals surface area (Å²) in [7, 11) is 0. The van der Waals surface area contributed by atoms with Gasteiger partial charge in [0.1, 0.15) is 21.9 Å². The van der Waals surface area contributed by atoms with E-state index in [2.05, 4.69) is 34.3 Å². The Morgan fingerprint density at radius 3 is 2.83 bits per heavy atom. The van der Waals surface area contributed by atoms with Gasteiger partial charge in [0.05, 0.1) is 5.25 Å². The van der Waals surface area contributed by atoms with E-state index >= 15 is 0 Å². The van der Waals surface area contributed by atoms with Crippen LogP contribution in [-0.4, -0.2) is 26.3 Å². The van der Waals surface area contributed by atoms with Gasteiger partial charge >= 0.3 is 0 Å². The van der Waals surface area contributed by atoms with Crippen LogP contribution in [0.4, 0.5) is 5.82 Å². The number of hydrogen-bond donors (Lipinski definition) is 1. The lowest BCUT2D eigenvalue weighted by molar-refractivity contribution is -0.115. The van der Waals surface area contributed by atoms with Crippen LogP contribution in [0.5, 0.6) is 0 Å². The summed E-state index contributed by atoms with van der Waals surface area (Å²) in [5.74, 6) is 0.993. The van der Waals surface area contributed by atoms with E-state index < -0.39 is 0 Å². The van der Waals surface area contributed by atoms with Gasteiger partial charge in [0.15, 0.2) is 5.82 Å². The van der Waals surface area contributed by atoms with E-state index in [0.29, 0.717) is 18.0 Å². The van der Waals surface area contributed by atoms with E-state index in [1.54, 1.807) is 30.7 Å². The van der Waals surface area contributed by atoms with Gasteiger partial charge in [-0.3, -0.25) is 4.79 Å². The number of anilines is 1. The first kappa shape index (κ1) is 16.9. The normalized spacial score (nSPS) is 12.5. The molecule has 3 aromatic rings. The summed E-state index contributed by atoms with van der Waals surface area (Å²) in [6.07, 6.45) is 2.24. The molecule has 1 amide bonds. The molecule has 0 aliphatic heterocycles. The van der Waals surface area contributed by atoms with Crippen LogP contribution in [0.15, 0.2) is 21.9 Å². The zero-order valence-electron chi connectivity index (χ0n) is 13.9. The molecule has 24 heavy (non-hydrogen) atoms. The van der Waals surface area contributed by atoms with E-state index in [9.17, 15) is 4.79 Å². The highest BCUT2D eigenvalue weighted by molar-refractivity contribution is 8.00. The molecule has 0 bridgehead atoms. The van der Waals surface area contributed by atoms with Crippen molar-refractivity contribution in [3.05, 3.63) is 28.6 Å². The molecule has 0 spiro atoms. The number of hydrogen-bond acceptors (Lipinski definition) is 7. The van der Waals surface area contributed by atoms with Crippen LogP contribution < -0.4 is 5.32 Å². The van der Waals surface area contributed by atoms with E-state index in [1.165, 1.54) is 22.2 Å². The van der Waals surface area contributed by atoms with Crippen LogP contribution in [-0.2, 0) is 4.79 Å². The van der Waals surface area contributed by atoms with Crippen LogP contribution in [0.1, 0.15) is 29.5 Å². The molecule has 0 aliphatic rings. The minimum absolute atomic E-state index is 0.104. The molecule has 0 aromatic carbocycles. The minimum atomic E-state index is -0.264. The van der Waals surface area contributed by atoms with Gasteiger partial charge in [-0.2, -0.15) is 0 Å². The van der Waals surface area contributed by atoms with Gasteiger partial charge in [-0.15, -0.1) is 11.3 Å². The number of carbonyl (C=O) groups is 1. The third-order valence-corrected chi connectivity index (χ3v) is 6.21. The lowest BCUT2D eigenvalue weighted by Gasteiger charge is -2.13.